The molecule has 1 amide bonds. The standard InChI is InChI=1S/C21H17F2N7O/c22-16-7-6-14(12-17(16)23)21(31)29-10-8-28(9-11-29)19-18-20(25-13-24-19)30(27-26-18)15-4-2-1-3-5-15/h1-7,12-13H,8-11H2. The molecule has 5 rings (SSSR count). The second kappa shape index (κ2) is 7.71. The van der Waals surface area contributed by atoms with E-state index in [4.69, 9.17) is 0 Å². The van der Waals surface area contributed by atoms with Crippen molar-refractivity contribution in [2.45, 2.75) is 0 Å². The Morgan fingerprint density at radius 3 is 2.42 bits per heavy atom. The summed E-state index contributed by atoms with van der Waals surface area (Å²) in [7, 11) is 0. The maximum absolute atomic E-state index is 13.5. The smallest absolute Gasteiger partial charge is 0.254 e. The summed E-state index contributed by atoms with van der Waals surface area (Å²) in [5.41, 5.74) is 2.14. The number of hydrogen-bond donors (Lipinski definition) is 0. The summed E-state index contributed by atoms with van der Waals surface area (Å²) in [4.78, 5) is 25.0. The van der Waals surface area contributed by atoms with E-state index in [1.807, 2.05) is 35.2 Å². The second-order valence-electron chi connectivity index (χ2n) is 7.11. The highest BCUT2D eigenvalue weighted by Crippen LogP contribution is 2.24. The minimum Gasteiger partial charge on any atom is -0.351 e. The summed E-state index contributed by atoms with van der Waals surface area (Å²) in [6.45, 7) is 1.85. The van der Waals surface area contributed by atoms with Crippen LogP contribution in [0.3, 0.4) is 0 Å². The number of hydrogen-bond acceptors (Lipinski definition) is 6. The lowest BCUT2D eigenvalue weighted by Crippen LogP contribution is -2.49. The third-order valence-electron chi connectivity index (χ3n) is 5.25. The quantitative estimate of drug-likeness (QED) is 0.506. The lowest BCUT2D eigenvalue weighted by atomic mass is 10.1. The van der Waals surface area contributed by atoms with Crippen molar-refractivity contribution in [1.82, 2.24) is 29.9 Å². The van der Waals surface area contributed by atoms with E-state index < -0.39 is 11.6 Å². The minimum absolute atomic E-state index is 0.127. The van der Waals surface area contributed by atoms with Crippen molar-refractivity contribution < 1.29 is 13.6 Å². The Balaban J connectivity index is 1.35. The number of rotatable bonds is 3. The van der Waals surface area contributed by atoms with Gasteiger partial charge in [-0.3, -0.25) is 4.79 Å². The van der Waals surface area contributed by atoms with Crippen LogP contribution in [0.1, 0.15) is 10.4 Å². The molecule has 2 aromatic carbocycles. The van der Waals surface area contributed by atoms with Crippen LogP contribution in [-0.2, 0) is 0 Å². The Morgan fingerprint density at radius 2 is 1.68 bits per heavy atom. The number of anilines is 1. The van der Waals surface area contributed by atoms with Crippen LogP contribution in [0.4, 0.5) is 14.6 Å². The van der Waals surface area contributed by atoms with E-state index >= 15 is 0 Å². The van der Waals surface area contributed by atoms with Gasteiger partial charge in [-0.2, -0.15) is 4.68 Å². The topological polar surface area (TPSA) is 80.0 Å². The van der Waals surface area contributed by atoms with Gasteiger partial charge in [-0.15, -0.1) is 5.10 Å². The number of carbonyl (C=O) groups is 1. The fraction of sp³-hybridized carbons (Fsp3) is 0.190. The van der Waals surface area contributed by atoms with Crippen molar-refractivity contribution in [1.29, 1.82) is 0 Å². The molecule has 1 saturated heterocycles. The van der Waals surface area contributed by atoms with Gasteiger partial charge in [-0.1, -0.05) is 23.4 Å². The number of aromatic nitrogens is 5. The van der Waals surface area contributed by atoms with E-state index in [0.29, 0.717) is 43.2 Å². The third kappa shape index (κ3) is 3.45. The Labute approximate surface area is 175 Å². The molecular weight excluding hydrogens is 404 g/mol. The summed E-state index contributed by atoms with van der Waals surface area (Å²) in [5, 5.41) is 8.50. The summed E-state index contributed by atoms with van der Waals surface area (Å²) in [6, 6.07) is 12.8. The van der Waals surface area contributed by atoms with Crippen LogP contribution < -0.4 is 4.90 Å². The first-order chi connectivity index (χ1) is 15.1. The van der Waals surface area contributed by atoms with Crippen molar-refractivity contribution in [2.75, 3.05) is 31.1 Å². The van der Waals surface area contributed by atoms with Crippen LogP contribution in [0.25, 0.3) is 16.9 Å². The second-order valence-corrected chi connectivity index (χ2v) is 7.11. The Kier molecular flexibility index (Phi) is 4.73. The summed E-state index contributed by atoms with van der Waals surface area (Å²) in [6.07, 6.45) is 1.47. The van der Waals surface area contributed by atoms with Gasteiger partial charge < -0.3 is 9.80 Å². The lowest BCUT2D eigenvalue weighted by Gasteiger charge is -2.35. The van der Waals surface area contributed by atoms with Crippen LogP contribution >= 0.6 is 0 Å². The van der Waals surface area contributed by atoms with Crippen LogP contribution in [0.2, 0.25) is 0 Å². The largest absolute Gasteiger partial charge is 0.351 e. The molecular formula is C21H17F2N7O. The molecule has 0 aliphatic carbocycles. The maximum atomic E-state index is 13.5. The van der Waals surface area contributed by atoms with Gasteiger partial charge >= 0.3 is 0 Å². The van der Waals surface area contributed by atoms with Gasteiger partial charge in [0.2, 0.25) is 0 Å². The number of nitrogens with zero attached hydrogens (tertiary/aromatic N) is 7. The molecule has 1 aliphatic rings. The molecule has 8 nitrogen and oxygen atoms in total. The number of amides is 1. The minimum atomic E-state index is -1.03. The van der Waals surface area contributed by atoms with Crippen LogP contribution in [0, 0.1) is 11.6 Å². The number of benzene rings is 2. The van der Waals surface area contributed by atoms with Crippen molar-refractivity contribution in [3.63, 3.8) is 0 Å². The average Bonchev–Trinajstić information content (AvgIpc) is 3.25. The molecule has 156 valence electrons. The van der Waals surface area contributed by atoms with E-state index in [2.05, 4.69) is 20.3 Å². The van der Waals surface area contributed by atoms with Crippen molar-refractivity contribution in [3.8, 4) is 5.69 Å². The van der Waals surface area contributed by atoms with Gasteiger partial charge in [0.25, 0.3) is 5.91 Å². The fourth-order valence-corrected chi connectivity index (χ4v) is 3.64. The first-order valence-electron chi connectivity index (χ1n) is 9.73. The lowest BCUT2D eigenvalue weighted by molar-refractivity contribution is 0.0746. The van der Waals surface area contributed by atoms with Crippen LogP contribution in [-0.4, -0.2) is 61.9 Å². The third-order valence-corrected chi connectivity index (χ3v) is 5.25. The number of halogens is 2. The molecule has 0 radical (unpaired) electrons. The van der Waals surface area contributed by atoms with Gasteiger partial charge in [-0.25, -0.2) is 18.7 Å². The van der Waals surface area contributed by atoms with E-state index in [-0.39, 0.29) is 11.5 Å². The molecule has 3 heterocycles. The molecule has 0 N–H and O–H groups in total. The zero-order valence-electron chi connectivity index (χ0n) is 16.3. The van der Waals surface area contributed by atoms with E-state index in [0.717, 1.165) is 17.8 Å². The normalized spacial score (nSPS) is 14.3. The zero-order chi connectivity index (χ0) is 21.4. The van der Waals surface area contributed by atoms with E-state index in [1.54, 1.807) is 9.58 Å². The molecule has 0 atom stereocenters. The highest BCUT2D eigenvalue weighted by Gasteiger charge is 2.26. The van der Waals surface area contributed by atoms with Crippen molar-refractivity contribution >= 4 is 22.9 Å². The Morgan fingerprint density at radius 1 is 0.903 bits per heavy atom. The SMILES string of the molecule is O=C(c1ccc(F)c(F)c1)N1CCN(c2ncnc3c2nnn3-c2ccccc2)CC1. The number of para-hydroxylation sites is 1. The predicted octanol–water partition coefficient (Wildman–Crippen LogP) is 2.45. The van der Waals surface area contributed by atoms with Crippen LogP contribution in [0.5, 0.6) is 0 Å². The molecule has 0 bridgehead atoms. The Bertz CT molecular complexity index is 1250. The molecule has 10 heteroatoms. The number of carbonyl (C=O) groups excluding carboxylic acids is 1. The number of piperazine rings is 1. The van der Waals surface area contributed by atoms with Gasteiger partial charge in [0.15, 0.2) is 28.6 Å². The number of fused-ring (bicyclic) bond motifs is 1. The highest BCUT2D eigenvalue weighted by molar-refractivity contribution is 5.94. The van der Waals surface area contributed by atoms with Crippen molar-refractivity contribution in [2.24, 2.45) is 0 Å². The average molecular weight is 421 g/mol. The van der Waals surface area contributed by atoms with Gasteiger partial charge in [0.1, 0.15) is 6.33 Å². The van der Waals surface area contributed by atoms with E-state index in [1.165, 1.54) is 12.4 Å². The summed E-state index contributed by atoms with van der Waals surface area (Å²) < 4.78 is 28.3. The molecule has 1 fully saturated rings. The predicted molar refractivity (Wildman–Crippen MR) is 109 cm³/mol. The fourth-order valence-electron chi connectivity index (χ4n) is 3.64. The summed E-state index contributed by atoms with van der Waals surface area (Å²) in [5.74, 6) is -1.69. The molecule has 4 aromatic rings. The van der Waals surface area contributed by atoms with Gasteiger partial charge in [0, 0.05) is 31.7 Å². The first kappa shape index (κ1) is 19.0. The van der Waals surface area contributed by atoms with Gasteiger partial charge in [-0.05, 0) is 30.3 Å². The van der Waals surface area contributed by atoms with E-state index in [9.17, 15) is 13.6 Å². The summed E-state index contributed by atoms with van der Waals surface area (Å²) >= 11 is 0. The molecule has 31 heavy (non-hydrogen) atoms. The molecule has 0 unspecified atom stereocenters. The molecule has 2 aromatic heterocycles. The molecule has 0 spiro atoms. The van der Waals surface area contributed by atoms with Gasteiger partial charge in [0.05, 0.1) is 5.69 Å². The maximum Gasteiger partial charge on any atom is 0.254 e. The van der Waals surface area contributed by atoms with Crippen molar-refractivity contribution in [3.05, 3.63) is 72.1 Å². The molecule has 0 saturated carbocycles. The first-order valence-corrected chi connectivity index (χ1v) is 9.73. The highest BCUT2D eigenvalue weighted by atomic mass is 19.2. The Hall–Kier alpha value is -3.95. The molecule has 1 aliphatic heterocycles. The zero-order valence-corrected chi connectivity index (χ0v) is 16.3. The monoisotopic (exact) mass is 421 g/mol. The van der Waals surface area contributed by atoms with Crippen LogP contribution in [0.15, 0.2) is 54.9 Å².